The molecule has 0 bridgehead atoms. The van der Waals surface area contributed by atoms with E-state index >= 15 is 0 Å². The van der Waals surface area contributed by atoms with Gasteiger partial charge in [0.15, 0.2) is 5.69 Å². The molecule has 0 spiro atoms. The van der Waals surface area contributed by atoms with Gasteiger partial charge in [0.25, 0.3) is 5.91 Å². The summed E-state index contributed by atoms with van der Waals surface area (Å²) in [5, 5.41) is 2.74. The van der Waals surface area contributed by atoms with Gasteiger partial charge in [-0.1, -0.05) is 19.9 Å². The summed E-state index contributed by atoms with van der Waals surface area (Å²) in [5.41, 5.74) is 0.833. The number of anilines is 2. The fourth-order valence-electron chi connectivity index (χ4n) is 2.94. The minimum atomic E-state index is -0.339. The van der Waals surface area contributed by atoms with Gasteiger partial charge in [0, 0.05) is 38.3 Å². The lowest BCUT2D eigenvalue weighted by molar-refractivity contribution is -0.134. The molecule has 0 saturated carbocycles. The molecule has 27 heavy (non-hydrogen) atoms. The lowest BCUT2D eigenvalue weighted by Gasteiger charge is -2.36. The summed E-state index contributed by atoms with van der Waals surface area (Å²) < 4.78 is 0. The van der Waals surface area contributed by atoms with Crippen molar-refractivity contribution < 1.29 is 9.59 Å². The molecule has 1 saturated heterocycles. The standard InChI is InChI=1S/C19H24N6O2/c1-13(2)19(27)25-10-8-24(9-11-25)16-12-21-14(3)17(23-16)18(26)22-15-6-4-5-7-20-15/h4-7,12-13H,8-11H2,1-3H3,(H,20,22,26). The molecule has 3 heterocycles. The molecule has 8 nitrogen and oxygen atoms in total. The molecule has 142 valence electrons. The molecule has 2 aromatic heterocycles. The highest BCUT2D eigenvalue weighted by molar-refractivity contribution is 6.03. The van der Waals surface area contributed by atoms with E-state index in [4.69, 9.17) is 0 Å². The van der Waals surface area contributed by atoms with Crippen molar-refractivity contribution in [3.05, 3.63) is 42.0 Å². The van der Waals surface area contributed by atoms with Crippen LogP contribution in [0, 0.1) is 12.8 Å². The molecule has 0 radical (unpaired) electrons. The second-order valence-corrected chi connectivity index (χ2v) is 6.80. The van der Waals surface area contributed by atoms with Crippen molar-refractivity contribution in [2.45, 2.75) is 20.8 Å². The highest BCUT2D eigenvalue weighted by atomic mass is 16.2. The van der Waals surface area contributed by atoms with Gasteiger partial charge in [0.2, 0.25) is 5.91 Å². The van der Waals surface area contributed by atoms with Gasteiger partial charge in [0.1, 0.15) is 11.6 Å². The number of hydrogen-bond acceptors (Lipinski definition) is 6. The molecule has 1 aliphatic rings. The van der Waals surface area contributed by atoms with Crippen molar-refractivity contribution in [1.82, 2.24) is 19.9 Å². The van der Waals surface area contributed by atoms with Crippen LogP contribution in [0.15, 0.2) is 30.6 Å². The van der Waals surface area contributed by atoms with E-state index in [2.05, 4.69) is 20.3 Å². The van der Waals surface area contributed by atoms with Gasteiger partial charge in [0.05, 0.1) is 11.9 Å². The predicted octanol–water partition coefficient (Wildman–Crippen LogP) is 1.74. The molecular formula is C19H24N6O2. The SMILES string of the molecule is Cc1ncc(N2CCN(C(=O)C(C)C)CC2)nc1C(=O)Nc1ccccn1. The van der Waals surface area contributed by atoms with Crippen molar-refractivity contribution in [2.24, 2.45) is 5.92 Å². The monoisotopic (exact) mass is 368 g/mol. The molecule has 0 unspecified atom stereocenters. The fraction of sp³-hybridized carbons (Fsp3) is 0.421. The number of amides is 2. The number of carbonyl (C=O) groups excluding carboxylic acids is 2. The molecule has 1 aliphatic heterocycles. The molecule has 8 heteroatoms. The summed E-state index contributed by atoms with van der Waals surface area (Å²) in [4.78, 5) is 41.6. The minimum Gasteiger partial charge on any atom is -0.352 e. The first-order chi connectivity index (χ1) is 13.0. The molecule has 0 aliphatic carbocycles. The summed E-state index contributed by atoms with van der Waals surface area (Å²) in [6.07, 6.45) is 3.29. The Hall–Kier alpha value is -3.03. The van der Waals surface area contributed by atoms with Gasteiger partial charge in [-0.3, -0.25) is 14.6 Å². The maximum Gasteiger partial charge on any atom is 0.277 e. The van der Waals surface area contributed by atoms with Gasteiger partial charge >= 0.3 is 0 Å². The number of nitrogens with one attached hydrogen (secondary N) is 1. The number of pyridine rings is 1. The third-order valence-corrected chi connectivity index (χ3v) is 4.47. The van der Waals surface area contributed by atoms with E-state index in [-0.39, 0.29) is 23.4 Å². The number of piperazine rings is 1. The van der Waals surface area contributed by atoms with E-state index in [9.17, 15) is 9.59 Å². The normalized spacial score (nSPS) is 14.4. The zero-order chi connectivity index (χ0) is 19.4. The Balaban J connectivity index is 1.70. The molecule has 0 aromatic carbocycles. The highest BCUT2D eigenvalue weighted by Crippen LogP contribution is 2.17. The average Bonchev–Trinajstić information content (AvgIpc) is 2.68. The maximum absolute atomic E-state index is 12.6. The summed E-state index contributed by atoms with van der Waals surface area (Å²) in [6.45, 7) is 8.18. The molecule has 1 fully saturated rings. The van der Waals surface area contributed by atoms with Crippen molar-refractivity contribution in [3.8, 4) is 0 Å². The van der Waals surface area contributed by atoms with Crippen LogP contribution >= 0.6 is 0 Å². The molecule has 2 aromatic rings. The summed E-state index contributed by atoms with van der Waals surface area (Å²) in [6, 6.07) is 5.30. The van der Waals surface area contributed by atoms with Gasteiger partial charge < -0.3 is 15.1 Å². The van der Waals surface area contributed by atoms with Crippen LogP contribution in [0.3, 0.4) is 0 Å². The largest absolute Gasteiger partial charge is 0.352 e. The van der Waals surface area contributed by atoms with Crippen LogP contribution in [0.25, 0.3) is 0 Å². The van der Waals surface area contributed by atoms with Gasteiger partial charge in [-0.05, 0) is 19.1 Å². The van der Waals surface area contributed by atoms with Crippen LogP contribution in [0.4, 0.5) is 11.6 Å². The number of hydrogen-bond donors (Lipinski definition) is 1. The predicted molar refractivity (Wildman–Crippen MR) is 103 cm³/mol. The van der Waals surface area contributed by atoms with E-state index < -0.39 is 0 Å². The van der Waals surface area contributed by atoms with Crippen LogP contribution in [0.5, 0.6) is 0 Å². The Bertz CT molecular complexity index is 816. The highest BCUT2D eigenvalue weighted by Gasteiger charge is 2.24. The molecule has 2 amide bonds. The van der Waals surface area contributed by atoms with E-state index in [1.807, 2.05) is 23.6 Å². The van der Waals surface area contributed by atoms with Crippen molar-refractivity contribution >= 4 is 23.5 Å². The zero-order valence-corrected chi connectivity index (χ0v) is 15.8. The smallest absolute Gasteiger partial charge is 0.277 e. The third-order valence-electron chi connectivity index (χ3n) is 4.47. The lowest BCUT2D eigenvalue weighted by atomic mass is 10.1. The first-order valence-corrected chi connectivity index (χ1v) is 9.05. The van der Waals surface area contributed by atoms with E-state index in [0.717, 1.165) is 0 Å². The van der Waals surface area contributed by atoms with E-state index in [1.165, 1.54) is 0 Å². The second-order valence-electron chi connectivity index (χ2n) is 6.80. The summed E-state index contributed by atoms with van der Waals surface area (Å²) in [7, 11) is 0. The van der Waals surface area contributed by atoms with Crippen molar-refractivity contribution in [3.63, 3.8) is 0 Å². The number of nitrogens with zero attached hydrogens (tertiary/aromatic N) is 5. The topological polar surface area (TPSA) is 91.3 Å². The zero-order valence-electron chi connectivity index (χ0n) is 15.8. The van der Waals surface area contributed by atoms with E-state index in [0.29, 0.717) is 43.5 Å². The Morgan fingerprint density at radius 1 is 1.11 bits per heavy atom. The maximum atomic E-state index is 12.6. The van der Waals surface area contributed by atoms with Gasteiger partial charge in [-0.15, -0.1) is 0 Å². The number of aromatic nitrogens is 3. The number of carbonyl (C=O) groups is 2. The van der Waals surface area contributed by atoms with Gasteiger partial charge in [-0.2, -0.15) is 0 Å². The Morgan fingerprint density at radius 2 is 1.85 bits per heavy atom. The first kappa shape index (κ1) is 18.8. The van der Waals surface area contributed by atoms with Crippen LogP contribution < -0.4 is 10.2 Å². The molecule has 3 rings (SSSR count). The Labute approximate surface area is 158 Å². The third kappa shape index (κ3) is 4.39. The van der Waals surface area contributed by atoms with Crippen LogP contribution in [0.1, 0.15) is 30.0 Å². The molecule has 1 N–H and O–H groups in total. The van der Waals surface area contributed by atoms with Crippen molar-refractivity contribution in [1.29, 1.82) is 0 Å². The average molecular weight is 368 g/mol. The Kier molecular flexibility index (Phi) is 5.63. The Morgan fingerprint density at radius 3 is 2.48 bits per heavy atom. The van der Waals surface area contributed by atoms with E-state index in [1.54, 1.807) is 37.5 Å². The summed E-state index contributed by atoms with van der Waals surface area (Å²) in [5.74, 6) is 0.935. The quantitative estimate of drug-likeness (QED) is 0.884. The van der Waals surface area contributed by atoms with Crippen molar-refractivity contribution in [2.75, 3.05) is 36.4 Å². The number of rotatable bonds is 4. The summed E-state index contributed by atoms with van der Waals surface area (Å²) >= 11 is 0. The van der Waals surface area contributed by atoms with Crippen LogP contribution in [-0.4, -0.2) is 57.8 Å². The molecular weight excluding hydrogens is 344 g/mol. The van der Waals surface area contributed by atoms with Crippen LogP contribution in [0.2, 0.25) is 0 Å². The lowest BCUT2D eigenvalue weighted by Crippen LogP contribution is -2.50. The number of aryl methyl sites for hydroxylation is 1. The van der Waals surface area contributed by atoms with Crippen LogP contribution in [-0.2, 0) is 4.79 Å². The first-order valence-electron chi connectivity index (χ1n) is 9.05. The van der Waals surface area contributed by atoms with Gasteiger partial charge in [-0.25, -0.2) is 9.97 Å². The second kappa shape index (κ2) is 8.11. The molecule has 0 atom stereocenters. The fourth-order valence-corrected chi connectivity index (χ4v) is 2.94. The minimum absolute atomic E-state index is 0.00221.